The van der Waals surface area contributed by atoms with Crippen LogP contribution >= 0.6 is 0 Å². The number of ether oxygens (including phenoxy) is 1. The summed E-state index contributed by atoms with van der Waals surface area (Å²) in [6, 6.07) is 7.77. The quantitative estimate of drug-likeness (QED) is 0.778. The van der Waals surface area contributed by atoms with Crippen LogP contribution < -0.4 is 5.32 Å². The second-order valence-electron chi connectivity index (χ2n) is 6.23. The number of aromatic amines is 1. The number of aryl methyl sites for hydroxylation is 1. The summed E-state index contributed by atoms with van der Waals surface area (Å²) in [5.41, 5.74) is 2.72. The van der Waals surface area contributed by atoms with E-state index in [4.69, 9.17) is 4.74 Å². The van der Waals surface area contributed by atoms with E-state index < -0.39 is 0 Å². The van der Waals surface area contributed by atoms with Crippen LogP contribution in [0.4, 0.5) is 0 Å². The highest BCUT2D eigenvalue weighted by molar-refractivity contribution is 6.06. The van der Waals surface area contributed by atoms with Gasteiger partial charge in [-0.1, -0.05) is 6.07 Å². The first-order valence-electron chi connectivity index (χ1n) is 8.17. The first kappa shape index (κ1) is 15.0. The number of aromatic nitrogens is 3. The molecule has 0 bridgehead atoms. The molecule has 1 aliphatic rings. The maximum atomic E-state index is 12.7. The van der Waals surface area contributed by atoms with Crippen LogP contribution in [0, 0.1) is 0 Å². The van der Waals surface area contributed by atoms with Crippen molar-refractivity contribution >= 4 is 16.8 Å². The normalized spacial score (nSPS) is 21.0. The zero-order chi connectivity index (χ0) is 16.5. The van der Waals surface area contributed by atoms with Crippen molar-refractivity contribution in [3.63, 3.8) is 0 Å². The molecule has 2 atom stereocenters. The number of H-pyrrole nitrogens is 1. The van der Waals surface area contributed by atoms with Crippen LogP contribution in [-0.2, 0) is 11.8 Å². The second-order valence-corrected chi connectivity index (χ2v) is 6.23. The van der Waals surface area contributed by atoms with E-state index in [-0.39, 0.29) is 18.1 Å². The largest absolute Gasteiger partial charge is 0.372 e. The van der Waals surface area contributed by atoms with Crippen LogP contribution in [-0.4, -0.2) is 33.1 Å². The Morgan fingerprint density at radius 3 is 3.17 bits per heavy atom. The summed E-state index contributed by atoms with van der Waals surface area (Å²) in [4.78, 5) is 20.0. The highest BCUT2D eigenvalue weighted by Crippen LogP contribution is 2.28. The van der Waals surface area contributed by atoms with Crippen LogP contribution in [0.25, 0.3) is 10.9 Å². The monoisotopic (exact) mass is 324 g/mol. The van der Waals surface area contributed by atoms with Gasteiger partial charge in [0.05, 0.1) is 18.2 Å². The first-order valence-corrected chi connectivity index (χ1v) is 8.17. The summed E-state index contributed by atoms with van der Waals surface area (Å²) in [5, 5.41) is 4.12. The van der Waals surface area contributed by atoms with Gasteiger partial charge in [0.1, 0.15) is 6.10 Å². The summed E-state index contributed by atoms with van der Waals surface area (Å²) in [7, 11) is 1.96. The van der Waals surface area contributed by atoms with Crippen molar-refractivity contribution in [2.45, 2.75) is 25.0 Å². The Bertz CT molecular complexity index is 867. The van der Waals surface area contributed by atoms with Crippen LogP contribution in [0.3, 0.4) is 0 Å². The van der Waals surface area contributed by atoms with Crippen molar-refractivity contribution in [2.24, 2.45) is 7.05 Å². The predicted octanol–water partition coefficient (Wildman–Crippen LogP) is 2.55. The minimum Gasteiger partial charge on any atom is -0.372 e. The molecule has 1 aliphatic heterocycles. The first-order chi connectivity index (χ1) is 11.7. The number of carbonyl (C=O) groups excluding carboxylic acids is 1. The molecule has 124 valence electrons. The highest BCUT2D eigenvalue weighted by atomic mass is 16.5. The van der Waals surface area contributed by atoms with Gasteiger partial charge < -0.3 is 19.6 Å². The van der Waals surface area contributed by atoms with E-state index in [2.05, 4.69) is 15.3 Å². The number of benzene rings is 1. The Labute approximate surface area is 139 Å². The maximum absolute atomic E-state index is 12.7. The third-order valence-corrected chi connectivity index (χ3v) is 4.64. The van der Waals surface area contributed by atoms with Gasteiger partial charge in [0, 0.05) is 42.4 Å². The molecule has 2 aromatic heterocycles. The molecule has 1 saturated heterocycles. The van der Waals surface area contributed by atoms with E-state index in [1.165, 1.54) is 0 Å². The molecular formula is C18H20N4O2. The van der Waals surface area contributed by atoms with E-state index in [9.17, 15) is 4.79 Å². The number of hydrogen-bond donors (Lipinski definition) is 2. The van der Waals surface area contributed by atoms with Gasteiger partial charge >= 0.3 is 0 Å². The summed E-state index contributed by atoms with van der Waals surface area (Å²) in [6.45, 7) is 0.634. The molecule has 3 heterocycles. The lowest BCUT2D eigenvalue weighted by Gasteiger charge is -2.30. The SMILES string of the molecule is Cn1cncc1[C@@H]1C[C@@H](NC(=O)c2cccc3[nH]ccc23)CCO1. The summed E-state index contributed by atoms with van der Waals surface area (Å²) < 4.78 is 7.83. The predicted molar refractivity (Wildman–Crippen MR) is 90.7 cm³/mol. The Morgan fingerprint density at radius 2 is 2.33 bits per heavy atom. The number of carbonyl (C=O) groups is 1. The Hall–Kier alpha value is -2.60. The standard InChI is InChI=1S/C18H20N4O2/c1-22-11-19-10-16(22)17-9-12(6-8-24-17)21-18(23)14-3-2-4-15-13(14)5-7-20-15/h2-5,7,10-12,17,20H,6,8-9H2,1H3,(H,21,23)/t12-,17-/m0/s1. The van der Waals surface area contributed by atoms with E-state index in [0.717, 1.165) is 29.4 Å². The molecule has 1 fully saturated rings. The lowest BCUT2D eigenvalue weighted by molar-refractivity contribution is -0.00300. The van der Waals surface area contributed by atoms with Gasteiger partial charge in [-0.25, -0.2) is 4.98 Å². The van der Waals surface area contributed by atoms with Gasteiger partial charge in [0.25, 0.3) is 5.91 Å². The minimum atomic E-state index is -0.0316. The van der Waals surface area contributed by atoms with Crippen LogP contribution in [0.15, 0.2) is 43.0 Å². The number of fused-ring (bicyclic) bond motifs is 1. The van der Waals surface area contributed by atoms with Crippen molar-refractivity contribution in [3.8, 4) is 0 Å². The lowest BCUT2D eigenvalue weighted by atomic mass is 10.0. The average Bonchev–Trinajstić information content (AvgIpc) is 3.23. The minimum absolute atomic E-state index is 0.0281. The van der Waals surface area contributed by atoms with Gasteiger partial charge in [-0.05, 0) is 31.0 Å². The van der Waals surface area contributed by atoms with Gasteiger partial charge in [0.15, 0.2) is 0 Å². The topological polar surface area (TPSA) is 71.9 Å². The molecule has 0 aliphatic carbocycles. The molecule has 3 aromatic rings. The number of rotatable bonds is 3. The molecule has 24 heavy (non-hydrogen) atoms. The molecule has 4 rings (SSSR count). The van der Waals surface area contributed by atoms with E-state index in [0.29, 0.717) is 12.2 Å². The molecule has 6 nitrogen and oxygen atoms in total. The fraction of sp³-hybridized carbons (Fsp3) is 0.333. The van der Waals surface area contributed by atoms with Crippen molar-refractivity contribution < 1.29 is 9.53 Å². The number of amides is 1. The van der Waals surface area contributed by atoms with Crippen molar-refractivity contribution in [1.29, 1.82) is 0 Å². The fourth-order valence-electron chi connectivity index (χ4n) is 3.36. The fourth-order valence-corrected chi connectivity index (χ4v) is 3.36. The van der Waals surface area contributed by atoms with Crippen molar-refractivity contribution in [3.05, 3.63) is 54.2 Å². The zero-order valence-electron chi connectivity index (χ0n) is 13.5. The number of hydrogen-bond acceptors (Lipinski definition) is 3. The molecule has 0 unspecified atom stereocenters. The molecule has 2 N–H and O–H groups in total. The molecule has 1 amide bonds. The average molecular weight is 324 g/mol. The third-order valence-electron chi connectivity index (χ3n) is 4.64. The second kappa shape index (κ2) is 6.13. The van der Waals surface area contributed by atoms with E-state index in [1.807, 2.05) is 48.3 Å². The number of nitrogens with zero attached hydrogens (tertiary/aromatic N) is 2. The molecule has 1 aromatic carbocycles. The van der Waals surface area contributed by atoms with Gasteiger partial charge in [-0.3, -0.25) is 4.79 Å². The molecule has 0 saturated carbocycles. The summed E-state index contributed by atoms with van der Waals surface area (Å²) >= 11 is 0. The third kappa shape index (κ3) is 2.69. The Morgan fingerprint density at radius 1 is 1.42 bits per heavy atom. The molecule has 0 spiro atoms. The summed E-state index contributed by atoms with van der Waals surface area (Å²) in [5.74, 6) is -0.0316. The van der Waals surface area contributed by atoms with Gasteiger partial charge in [-0.2, -0.15) is 0 Å². The van der Waals surface area contributed by atoms with Crippen molar-refractivity contribution in [1.82, 2.24) is 19.9 Å². The van der Waals surface area contributed by atoms with E-state index in [1.54, 1.807) is 6.33 Å². The van der Waals surface area contributed by atoms with Gasteiger partial charge in [-0.15, -0.1) is 0 Å². The van der Waals surface area contributed by atoms with Gasteiger partial charge in [0.2, 0.25) is 0 Å². The number of nitrogens with one attached hydrogen (secondary N) is 2. The Kier molecular flexibility index (Phi) is 3.82. The molecule has 6 heteroatoms. The van der Waals surface area contributed by atoms with Crippen LogP contribution in [0.2, 0.25) is 0 Å². The smallest absolute Gasteiger partial charge is 0.252 e. The number of imidazole rings is 1. The zero-order valence-corrected chi connectivity index (χ0v) is 13.5. The van der Waals surface area contributed by atoms with Crippen molar-refractivity contribution in [2.75, 3.05) is 6.61 Å². The summed E-state index contributed by atoms with van der Waals surface area (Å²) in [6.07, 6.45) is 7.01. The highest BCUT2D eigenvalue weighted by Gasteiger charge is 2.27. The van der Waals surface area contributed by atoms with E-state index >= 15 is 0 Å². The van der Waals surface area contributed by atoms with Crippen LogP contribution in [0.1, 0.15) is 35.0 Å². The molecule has 0 radical (unpaired) electrons. The maximum Gasteiger partial charge on any atom is 0.252 e. The molecular weight excluding hydrogens is 304 g/mol. The lowest BCUT2D eigenvalue weighted by Crippen LogP contribution is -2.40. The van der Waals surface area contributed by atoms with Crippen LogP contribution in [0.5, 0.6) is 0 Å². The Balaban J connectivity index is 1.49.